The zero-order chi connectivity index (χ0) is 12.6. The minimum Gasteiger partial charge on any atom is -0.380 e. The van der Waals surface area contributed by atoms with E-state index >= 15 is 0 Å². The summed E-state index contributed by atoms with van der Waals surface area (Å²) in [5.41, 5.74) is 0.527. The molecule has 1 N–H and O–H groups in total. The molecule has 0 bridgehead atoms. The molecule has 2 aromatic rings. The lowest BCUT2D eigenvalue weighted by atomic mass is 10.3. The van der Waals surface area contributed by atoms with Crippen molar-refractivity contribution < 1.29 is 9.13 Å². The molecule has 1 aromatic carbocycles. The standard InChI is InChI=1S/C14H16FNOS/c15-13-5-1-2-6-14(13)16-8-10-17-9-7-12-4-3-11-18-12/h1-6,11,16H,7-10H2. The van der Waals surface area contributed by atoms with Gasteiger partial charge < -0.3 is 10.1 Å². The van der Waals surface area contributed by atoms with Crippen LogP contribution in [0, 0.1) is 5.82 Å². The summed E-state index contributed by atoms with van der Waals surface area (Å²) in [5, 5.41) is 5.07. The Hall–Kier alpha value is -1.39. The van der Waals surface area contributed by atoms with Gasteiger partial charge in [0, 0.05) is 17.8 Å². The molecular formula is C14H16FNOS. The Labute approximate surface area is 110 Å². The molecule has 4 heteroatoms. The fraction of sp³-hybridized carbons (Fsp3) is 0.286. The first-order valence-electron chi connectivity index (χ1n) is 5.95. The van der Waals surface area contributed by atoms with Crippen LogP contribution in [0.1, 0.15) is 4.88 Å². The second-order valence-corrected chi connectivity index (χ2v) is 4.88. The number of halogens is 1. The first kappa shape index (κ1) is 13.1. The van der Waals surface area contributed by atoms with Gasteiger partial charge in [-0.05, 0) is 23.6 Å². The highest BCUT2D eigenvalue weighted by Crippen LogP contribution is 2.11. The van der Waals surface area contributed by atoms with Crippen LogP contribution in [-0.4, -0.2) is 19.8 Å². The van der Waals surface area contributed by atoms with Crippen molar-refractivity contribution in [1.29, 1.82) is 0 Å². The van der Waals surface area contributed by atoms with Gasteiger partial charge in [0.25, 0.3) is 0 Å². The van der Waals surface area contributed by atoms with Gasteiger partial charge in [0.1, 0.15) is 5.82 Å². The minimum absolute atomic E-state index is 0.226. The molecule has 0 fully saturated rings. The van der Waals surface area contributed by atoms with Gasteiger partial charge in [0.2, 0.25) is 0 Å². The maximum Gasteiger partial charge on any atom is 0.146 e. The smallest absolute Gasteiger partial charge is 0.146 e. The minimum atomic E-state index is -0.226. The molecule has 0 saturated carbocycles. The fourth-order valence-electron chi connectivity index (χ4n) is 1.59. The van der Waals surface area contributed by atoms with Crippen LogP contribution in [0.3, 0.4) is 0 Å². The molecule has 1 aromatic heterocycles. The number of rotatable bonds is 7. The van der Waals surface area contributed by atoms with Gasteiger partial charge in [-0.2, -0.15) is 0 Å². The summed E-state index contributed by atoms with van der Waals surface area (Å²) in [4.78, 5) is 1.33. The third-order valence-corrected chi connectivity index (χ3v) is 3.44. The van der Waals surface area contributed by atoms with Crippen LogP contribution in [0.5, 0.6) is 0 Å². The average molecular weight is 265 g/mol. The molecule has 18 heavy (non-hydrogen) atoms. The normalized spacial score (nSPS) is 10.5. The van der Waals surface area contributed by atoms with Crippen molar-refractivity contribution in [1.82, 2.24) is 0 Å². The number of thiophene rings is 1. The zero-order valence-corrected chi connectivity index (χ0v) is 10.9. The number of anilines is 1. The van der Waals surface area contributed by atoms with Gasteiger partial charge in [-0.25, -0.2) is 4.39 Å². The first-order valence-corrected chi connectivity index (χ1v) is 6.83. The van der Waals surface area contributed by atoms with E-state index in [1.165, 1.54) is 10.9 Å². The predicted molar refractivity (Wildman–Crippen MR) is 73.7 cm³/mol. The Morgan fingerprint density at radius 3 is 2.78 bits per heavy atom. The molecule has 0 amide bonds. The van der Waals surface area contributed by atoms with Crippen molar-refractivity contribution in [3.63, 3.8) is 0 Å². The van der Waals surface area contributed by atoms with Gasteiger partial charge in [0.15, 0.2) is 0 Å². The van der Waals surface area contributed by atoms with E-state index in [9.17, 15) is 4.39 Å². The molecule has 2 rings (SSSR count). The quantitative estimate of drug-likeness (QED) is 0.773. The van der Waals surface area contributed by atoms with E-state index < -0.39 is 0 Å². The summed E-state index contributed by atoms with van der Waals surface area (Å²) in [7, 11) is 0. The van der Waals surface area contributed by atoms with Crippen LogP contribution >= 0.6 is 11.3 Å². The van der Waals surface area contributed by atoms with Gasteiger partial charge in [-0.15, -0.1) is 11.3 Å². The summed E-state index contributed by atoms with van der Waals surface area (Å²) >= 11 is 1.74. The molecule has 0 spiro atoms. The third-order valence-electron chi connectivity index (χ3n) is 2.51. The van der Waals surface area contributed by atoms with Crippen molar-refractivity contribution >= 4 is 17.0 Å². The van der Waals surface area contributed by atoms with Gasteiger partial charge >= 0.3 is 0 Å². The summed E-state index contributed by atoms with van der Waals surface area (Å²) in [6.07, 6.45) is 0.942. The highest BCUT2D eigenvalue weighted by Gasteiger charge is 1.98. The van der Waals surface area contributed by atoms with Crippen molar-refractivity contribution in [2.45, 2.75) is 6.42 Å². The molecule has 0 atom stereocenters. The lowest BCUT2D eigenvalue weighted by Gasteiger charge is -2.07. The van der Waals surface area contributed by atoms with E-state index in [1.54, 1.807) is 23.5 Å². The third kappa shape index (κ3) is 4.13. The maximum atomic E-state index is 13.2. The predicted octanol–water partition coefficient (Wildman–Crippen LogP) is 3.56. The van der Waals surface area contributed by atoms with Crippen molar-refractivity contribution in [3.05, 3.63) is 52.5 Å². The van der Waals surface area contributed by atoms with E-state index in [-0.39, 0.29) is 5.82 Å². The number of benzene rings is 1. The van der Waals surface area contributed by atoms with Crippen molar-refractivity contribution in [2.75, 3.05) is 25.1 Å². The summed E-state index contributed by atoms with van der Waals surface area (Å²) in [5.74, 6) is -0.226. The maximum absolute atomic E-state index is 13.2. The fourth-order valence-corrected chi connectivity index (χ4v) is 2.28. The molecule has 2 nitrogen and oxygen atoms in total. The number of nitrogens with one attached hydrogen (secondary N) is 1. The van der Waals surface area contributed by atoms with E-state index in [2.05, 4.69) is 16.8 Å². The summed E-state index contributed by atoms with van der Waals surface area (Å²) in [6.45, 7) is 1.91. The molecule has 0 aliphatic rings. The Balaban J connectivity index is 1.58. The van der Waals surface area contributed by atoms with Crippen LogP contribution in [0.15, 0.2) is 41.8 Å². The van der Waals surface area contributed by atoms with Crippen LogP contribution in [-0.2, 0) is 11.2 Å². The van der Waals surface area contributed by atoms with E-state index in [0.29, 0.717) is 25.4 Å². The average Bonchev–Trinajstić information content (AvgIpc) is 2.89. The van der Waals surface area contributed by atoms with E-state index in [0.717, 1.165) is 6.42 Å². The summed E-state index contributed by atoms with van der Waals surface area (Å²) < 4.78 is 18.7. The van der Waals surface area contributed by atoms with Crippen LogP contribution in [0.25, 0.3) is 0 Å². The van der Waals surface area contributed by atoms with Crippen LogP contribution in [0.4, 0.5) is 10.1 Å². The molecule has 96 valence electrons. The molecule has 0 aliphatic heterocycles. The van der Waals surface area contributed by atoms with E-state index in [4.69, 9.17) is 4.74 Å². The van der Waals surface area contributed by atoms with Gasteiger partial charge in [0.05, 0.1) is 18.9 Å². The van der Waals surface area contributed by atoms with Gasteiger partial charge in [-0.3, -0.25) is 0 Å². The molecule has 0 aliphatic carbocycles. The summed E-state index contributed by atoms with van der Waals surface area (Å²) in [6, 6.07) is 10.8. The Morgan fingerprint density at radius 1 is 1.11 bits per heavy atom. The Bertz CT molecular complexity index is 459. The highest BCUT2D eigenvalue weighted by atomic mass is 32.1. The molecule has 0 unspecified atom stereocenters. The first-order chi connectivity index (χ1) is 8.86. The largest absolute Gasteiger partial charge is 0.380 e. The molecule has 0 radical (unpaired) electrons. The monoisotopic (exact) mass is 265 g/mol. The lowest BCUT2D eigenvalue weighted by Crippen LogP contribution is -2.11. The second-order valence-electron chi connectivity index (χ2n) is 3.85. The van der Waals surface area contributed by atoms with Crippen LogP contribution < -0.4 is 5.32 Å². The topological polar surface area (TPSA) is 21.3 Å². The molecule has 0 saturated heterocycles. The SMILES string of the molecule is Fc1ccccc1NCCOCCc1cccs1. The highest BCUT2D eigenvalue weighted by molar-refractivity contribution is 7.09. The van der Waals surface area contributed by atoms with Gasteiger partial charge in [-0.1, -0.05) is 18.2 Å². The number of ether oxygens (including phenoxy) is 1. The Kier molecular flexibility index (Phi) is 5.17. The lowest BCUT2D eigenvalue weighted by molar-refractivity contribution is 0.147. The Morgan fingerprint density at radius 2 is 2.00 bits per heavy atom. The van der Waals surface area contributed by atoms with Crippen molar-refractivity contribution in [3.8, 4) is 0 Å². The second kappa shape index (κ2) is 7.13. The van der Waals surface area contributed by atoms with Crippen LogP contribution in [0.2, 0.25) is 0 Å². The number of hydrogen-bond acceptors (Lipinski definition) is 3. The zero-order valence-electron chi connectivity index (χ0n) is 10.1. The number of hydrogen-bond donors (Lipinski definition) is 1. The number of para-hydroxylation sites is 1. The molecular weight excluding hydrogens is 249 g/mol. The molecule has 1 heterocycles. The van der Waals surface area contributed by atoms with Crippen molar-refractivity contribution in [2.24, 2.45) is 0 Å². The van der Waals surface area contributed by atoms with E-state index in [1.807, 2.05) is 12.1 Å².